The molecule has 48 heavy (non-hydrogen) atoms. The average molecular weight is 703 g/mol. The van der Waals surface area contributed by atoms with Gasteiger partial charge in [0, 0.05) is 6.42 Å². The number of likely N-dealkylation sites (N-methyl/N-ethyl adjacent to an activating group) is 1. The van der Waals surface area contributed by atoms with Gasteiger partial charge in [-0.3, -0.25) is 9.36 Å². The fourth-order valence-corrected chi connectivity index (χ4v) is 6.46. The Bertz CT molecular complexity index is 804. The number of unbranched alkanes of at least 4 members (excludes halogenated alkanes) is 23. The van der Waals surface area contributed by atoms with Gasteiger partial charge in [-0.2, -0.15) is 0 Å². The fourth-order valence-electron chi connectivity index (χ4n) is 5.74. The molecule has 9 heteroatoms. The molecule has 0 rings (SSSR count). The van der Waals surface area contributed by atoms with E-state index in [0.29, 0.717) is 17.4 Å². The van der Waals surface area contributed by atoms with Crippen molar-refractivity contribution in [2.24, 2.45) is 0 Å². The lowest BCUT2D eigenvalue weighted by molar-refractivity contribution is -0.870. The molecule has 0 saturated heterocycles. The number of allylic oxidation sites excluding steroid dienone is 1. The van der Waals surface area contributed by atoms with Gasteiger partial charge in [0.1, 0.15) is 13.2 Å². The number of phosphoric ester groups is 1. The highest BCUT2D eigenvalue weighted by Crippen LogP contribution is 2.38. The minimum atomic E-state index is -4.57. The summed E-state index contributed by atoms with van der Waals surface area (Å²) in [4.78, 5) is 25.1. The molecule has 0 aliphatic heterocycles. The fraction of sp³-hybridized carbons (Fsp3) is 0.923. The van der Waals surface area contributed by atoms with E-state index < -0.39 is 20.0 Å². The standard InChI is InChI=1S/C39H79N2O6P/c1-6-8-10-12-14-16-17-18-19-20-21-22-23-25-26-28-30-32-38(42)37(36-47-48(44,45)46-35-34-41(3,4)5)40-39(43)33-31-29-27-24-15-13-11-9-7-2/h30,32,37-38,42H,6-29,31,33-36H2,1-5H3,(H-,40,43,44,45)/b32-30+. The zero-order valence-electron chi connectivity index (χ0n) is 32.2. The van der Waals surface area contributed by atoms with E-state index in [2.05, 4.69) is 19.2 Å². The molecule has 3 atom stereocenters. The normalized spacial score (nSPS) is 14.7. The Labute approximate surface area is 297 Å². The Hall–Kier alpha value is -0.760. The van der Waals surface area contributed by atoms with Gasteiger partial charge < -0.3 is 28.8 Å². The molecule has 1 amide bonds. The molecular weight excluding hydrogens is 623 g/mol. The predicted octanol–water partition coefficient (Wildman–Crippen LogP) is 9.78. The molecule has 286 valence electrons. The number of carbonyl (C=O) groups is 1. The van der Waals surface area contributed by atoms with Crippen molar-refractivity contribution in [1.82, 2.24) is 5.32 Å². The van der Waals surface area contributed by atoms with Gasteiger partial charge in [-0.15, -0.1) is 0 Å². The Balaban J connectivity index is 4.44. The van der Waals surface area contributed by atoms with Crippen LogP contribution in [0.4, 0.5) is 0 Å². The van der Waals surface area contributed by atoms with Crippen LogP contribution in [0.2, 0.25) is 0 Å². The van der Waals surface area contributed by atoms with E-state index in [0.717, 1.165) is 38.5 Å². The molecule has 0 radical (unpaired) electrons. The van der Waals surface area contributed by atoms with Crippen LogP contribution in [0.25, 0.3) is 0 Å². The first-order chi connectivity index (χ1) is 23.0. The number of amides is 1. The lowest BCUT2D eigenvalue weighted by Gasteiger charge is -2.29. The summed E-state index contributed by atoms with van der Waals surface area (Å²) in [7, 11) is 1.27. The molecule has 2 N–H and O–H groups in total. The van der Waals surface area contributed by atoms with Crippen LogP contribution < -0.4 is 10.2 Å². The summed E-state index contributed by atoms with van der Waals surface area (Å²) in [6.45, 7) is 4.62. The number of hydrogen-bond acceptors (Lipinski definition) is 6. The summed E-state index contributed by atoms with van der Waals surface area (Å²) in [6, 6.07) is -0.877. The summed E-state index contributed by atoms with van der Waals surface area (Å²) in [6.07, 6.45) is 34.0. The van der Waals surface area contributed by atoms with Crippen LogP contribution in [0.3, 0.4) is 0 Å². The van der Waals surface area contributed by atoms with E-state index >= 15 is 0 Å². The topological polar surface area (TPSA) is 108 Å². The first kappa shape index (κ1) is 47.2. The maximum Gasteiger partial charge on any atom is 0.268 e. The van der Waals surface area contributed by atoms with Crippen LogP contribution in [0, 0.1) is 0 Å². The maximum absolute atomic E-state index is 12.7. The van der Waals surface area contributed by atoms with Gasteiger partial charge in [0.05, 0.1) is 39.9 Å². The van der Waals surface area contributed by atoms with Gasteiger partial charge in [-0.05, 0) is 19.3 Å². The van der Waals surface area contributed by atoms with Crippen molar-refractivity contribution < 1.29 is 32.9 Å². The molecule has 0 aromatic rings. The maximum atomic E-state index is 12.7. The third-order valence-electron chi connectivity index (χ3n) is 9.00. The summed E-state index contributed by atoms with van der Waals surface area (Å²) in [5, 5.41) is 13.7. The molecular formula is C39H79N2O6P. The van der Waals surface area contributed by atoms with Crippen molar-refractivity contribution in [1.29, 1.82) is 0 Å². The molecule has 0 fully saturated rings. The van der Waals surface area contributed by atoms with Crippen molar-refractivity contribution in [3.8, 4) is 0 Å². The van der Waals surface area contributed by atoms with Crippen LogP contribution in [-0.2, 0) is 18.4 Å². The van der Waals surface area contributed by atoms with E-state index in [4.69, 9.17) is 9.05 Å². The van der Waals surface area contributed by atoms with Gasteiger partial charge in [0.2, 0.25) is 5.91 Å². The van der Waals surface area contributed by atoms with Crippen LogP contribution in [0.15, 0.2) is 12.2 Å². The number of nitrogens with one attached hydrogen (secondary N) is 1. The molecule has 0 saturated carbocycles. The molecule has 0 aromatic heterocycles. The molecule has 0 aliphatic carbocycles. The first-order valence-electron chi connectivity index (χ1n) is 20.1. The van der Waals surface area contributed by atoms with Crippen LogP contribution >= 0.6 is 7.82 Å². The number of carbonyl (C=O) groups excluding carboxylic acids is 1. The van der Waals surface area contributed by atoms with Crippen LogP contribution in [0.1, 0.15) is 181 Å². The Morgan fingerprint density at radius 2 is 1.12 bits per heavy atom. The average Bonchev–Trinajstić information content (AvgIpc) is 3.02. The van der Waals surface area contributed by atoms with Crippen LogP contribution in [0.5, 0.6) is 0 Å². The van der Waals surface area contributed by atoms with Crippen molar-refractivity contribution in [3.05, 3.63) is 12.2 Å². The molecule has 0 spiro atoms. The predicted molar refractivity (Wildman–Crippen MR) is 201 cm³/mol. The zero-order valence-corrected chi connectivity index (χ0v) is 33.1. The van der Waals surface area contributed by atoms with Gasteiger partial charge >= 0.3 is 0 Å². The highest BCUT2D eigenvalue weighted by Gasteiger charge is 2.23. The molecule has 0 aromatic carbocycles. The van der Waals surface area contributed by atoms with E-state index in [9.17, 15) is 19.4 Å². The summed E-state index contributed by atoms with van der Waals surface area (Å²) >= 11 is 0. The number of aliphatic hydroxyl groups is 1. The monoisotopic (exact) mass is 703 g/mol. The SMILES string of the molecule is CCCCCCCCCCCCCCCCC/C=C/C(O)C(COP(=O)([O-])OCC[N+](C)(C)C)NC(=O)CCCCCCCCCCC. The number of quaternary nitrogens is 1. The van der Waals surface area contributed by atoms with E-state index in [-0.39, 0.29) is 19.1 Å². The molecule has 8 nitrogen and oxygen atoms in total. The minimum absolute atomic E-state index is 0.00161. The van der Waals surface area contributed by atoms with Gasteiger partial charge in [0.15, 0.2) is 0 Å². The van der Waals surface area contributed by atoms with Gasteiger partial charge in [-0.25, -0.2) is 0 Å². The van der Waals surface area contributed by atoms with Crippen LogP contribution in [-0.4, -0.2) is 68.5 Å². The molecule has 0 bridgehead atoms. The highest BCUT2D eigenvalue weighted by molar-refractivity contribution is 7.45. The summed E-state index contributed by atoms with van der Waals surface area (Å²) < 4.78 is 23.1. The van der Waals surface area contributed by atoms with Crippen molar-refractivity contribution >= 4 is 13.7 Å². The number of aliphatic hydroxyl groups excluding tert-OH is 1. The molecule has 0 aliphatic rings. The van der Waals surface area contributed by atoms with Gasteiger partial charge in [0.25, 0.3) is 7.82 Å². The number of phosphoric acid groups is 1. The van der Waals surface area contributed by atoms with E-state index in [1.54, 1.807) is 6.08 Å². The Morgan fingerprint density at radius 3 is 1.56 bits per heavy atom. The van der Waals surface area contributed by atoms with Crippen molar-refractivity contribution in [2.45, 2.75) is 193 Å². The lowest BCUT2D eigenvalue weighted by Crippen LogP contribution is -2.45. The number of hydrogen-bond donors (Lipinski definition) is 2. The number of nitrogens with zero attached hydrogens (tertiary/aromatic N) is 1. The third kappa shape index (κ3) is 33.7. The summed E-state index contributed by atoms with van der Waals surface area (Å²) in [5.41, 5.74) is 0. The highest BCUT2D eigenvalue weighted by atomic mass is 31.2. The zero-order chi connectivity index (χ0) is 35.8. The second kappa shape index (κ2) is 32.2. The lowest BCUT2D eigenvalue weighted by atomic mass is 10.0. The third-order valence-corrected chi connectivity index (χ3v) is 9.96. The van der Waals surface area contributed by atoms with Crippen molar-refractivity contribution in [3.63, 3.8) is 0 Å². The smallest absolute Gasteiger partial charge is 0.268 e. The largest absolute Gasteiger partial charge is 0.756 e. The Kier molecular flexibility index (Phi) is 31.7. The number of rotatable bonds is 36. The second-order valence-corrected chi connectivity index (χ2v) is 16.4. The van der Waals surface area contributed by atoms with Crippen molar-refractivity contribution in [2.75, 3.05) is 40.9 Å². The summed E-state index contributed by atoms with van der Waals surface area (Å²) in [5.74, 6) is -0.201. The molecule has 3 unspecified atom stereocenters. The first-order valence-corrected chi connectivity index (χ1v) is 21.5. The van der Waals surface area contributed by atoms with E-state index in [1.165, 1.54) is 122 Å². The van der Waals surface area contributed by atoms with Gasteiger partial charge in [-0.1, -0.05) is 167 Å². The molecule has 0 heterocycles. The Morgan fingerprint density at radius 1 is 0.708 bits per heavy atom. The second-order valence-electron chi connectivity index (χ2n) is 15.0. The minimum Gasteiger partial charge on any atom is -0.756 e. The quantitative estimate of drug-likeness (QED) is 0.0291. The van der Waals surface area contributed by atoms with E-state index in [1.807, 2.05) is 27.2 Å².